The molecule has 2 saturated heterocycles. The van der Waals surface area contributed by atoms with Gasteiger partial charge in [-0.05, 0) is 60.7 Å². The van der Waals surface area contributed by atoms with E-state index in [-0.39, 0.29) is 12.0 Å². The van der Waals surface area contributed by atoms with Crippen molar-refractivity contribution in [2.75, 3.05) is 71.7 Å². The molecule has 10 heteroatoms. The van der Waals surface area contributed by atoms with E-state index >= 15 is 0 Å². The van der Waals surface area contributed by atoms with Gasteiger partial charge in [0, 0.05) is 57.7 Å². The summed E-state index contributed by atoms with van der Waals surface area (Å²) in [6.07, 6.45) is 3.43. The third-order valence-corrected chi connectivity index (χ3v) is 8.98. The summed E-state index contributed by atoms with van der Waals surface area (Å²) in [6, 6.07) is 22.3. The van der Waals surface area contributed by atoms with E-state index in [0.717, 1.165) is 65.6 Å². The van der Waals surface area contributed by atoms with Crippen molar-refractivity contribution < 1.29 is 38.3 Å². The van der Waals surface area contributed by atoms with Crippen molar-refractivity contribution in [1.29, 1.82) is 0 Å². The van der Waals surface area contributed by atoms with Crippen LogP contribution in [0.3, 0.4) is 0 Å². The summed E-state index contributed by atoms with van der Waals surface area (Å²) in [5, 5.41) is 9.75. The van der Waals surface area contributed by atoms with Crippen LogP contribution < -0.4 is 19.1 Å². The molecule has 0 bridgehead atoms. The van der Waals surface area contributed by atoms with Crippen LogP contribution in [0.5, 0.6) is 17.2 Å². The minimum atomic E-state index is -0.917. The molecule has 2 atom stereocenters. The van der Waals surface area contributed by atoms with Crippen LogP contribution in [-0.4, -0.2) is 89.0 Å². The quantitative estimate of drug-likeness (QED) is 0.148. The molecule has 0 aromatic heterocycles. The standard InChI is InChI=1S/C38H50N2O8/c1-43-21-7-24-47-36-25-29(11-16-34(36)39-18-5-6-19-39)27-48-37-26-40(38(41)42)20-17-33(37)30-12-14-32(15-13-30)46-23-8-22-45-28-31-9-3-4-10-35(31)44-2/h3-4,9-16,25,33,37H,5-8,17-24,26-28H2,1-2H3,(H,41,42). The first kappa shape index (κ1) is 35.3. The fourth-order valence-corrected chi connectivity index (χ4v) is 6.38. The maximum absolute atomic E-state index is 11.9. The van der Waals surface area contributed by atoms with Gasteiger partial charge in [-0.3, -0.25) is 0 Å². The van der Waals surface area contributed by atoms with E-state index in [1.54, 1.807) is 14.2 Å². The Hall–Kier alpha value is -3.99. The molecule has 48 heavy (non-hydrogen) atoms. The highest BCUT2D eigenvalue weighted by atomic mass is 16.5. The van der Waals surface area contributed by atoms with Crippen LogP contribution in [0.1, 0.15) is 54.7 Å². The molecule has 3 aromatic rings. The molecule has 2 aliphatic heterocycles. The number of likely N-dealkylation sites (tertiary alicyclic amines) is 1. The minimum absolute atomic E-state index is 0.0617. The van der Waals surface area contributed by atoms with E-state index in [9.17, 15) is 9.90 Å². The lowest BCUT2D eigenvalue weighted by Gasteiger charge is -2.37. The van der Waals surface area contributed by atoms with Gasteiger partial charge in [0.05, 0.1) is 58.5 Å². The molecule has 0 saturated carbocycles. The van der Waals surface area contributed by atoms with Gasteiger partial charge in [-0.1, -0.05) is 36.4 Å². The number of carboxylic acid groups (broad SMARTS) is 1. The zero-order valence-corrected chi connectivity index (χ0v) is 28.3. The summed E-state index contributed by atoms with van der Waals surface area (Å²) in [4.78, 5) is 15.7. The molecule has 1 amide bonds. The van der Waals surface area contributed by atoms with E-state index in [2.05, 4.69) is 35.2 Å². The Morgan fingerprint density at radius 3 is 2.38 bits per heavy atom. The number of benzene rings is 3. The Kier molecular flexibility index (Phi) is 13.6. The second kappa shape index (κ2) is 18.5. The molecule has 2 aliphatic rings. The lowest BCUT2D eigenvalue weighted by atomic mass is 9.87. The van der Waals surface area contributed by atoms with E-state index < -0.39 is 6.09 Å². The molecule has 5 rings (SSSR count). The van der Waals surface area contributed by atoms with E-state index in [0.29, 0.717) is 59.2 Å². The van der Waals surface area contributed by atoms with E-state index in [1.165, 1.54) is 17.7 Å². The topological polar surface area (TPSA) is 99.2 Å². The third kappa shape index (κ3) is 10.0. The number of para-hydroxylation sites is 1. The molecular weight excluding hydrogens is 612 g/mol. The summed E-state index contributed by atoms with van der Waals surface area (Å²) < 4.78 is 35.1. The van der Waals surface area contributed by atoms with Gasteiger partial charge in [0.15, 0.2) is 0 Å². The van der Waals surface area contributed by atoms with Crippen molar-refractivity contribution >= 4 is 11.8 Å². The largest absolute Gasteiger partial charge is 0.496 e. The van der Waals surface area contributed by atoms with Crippen LogP contribution >= 0.6 is 0 Å². The molecule has 0 spiro atoms. The number of nitrogens with zero attached hydrogens (tertiary/aromatic N) is 2. The number of ether oxygens (including phenoxy) is 6. The van der Waals surface area contributed by atoms with Crippen LogP contribution in [-0.2, 0) is 27.4 Å². The zero-order chi connectivity index (χ0) is 33.6. The van der Waals surface area contributed by atoms with Crippen LogP contribution in [0.2, 0.25) is 0 Å². The highest BCUT2D eigenvalue weighted by Gasteiger charge is 2.33. The Labute approximate surface area is 284 Å². The first-order valence-corrected chi connectivity index (χ1v) is 17.1. The molecule has 10 nitrogen and oxygen atoms in total. The molecule has 0 radical (unpaired) electrons. The molecule has 2 fully saturated rings. The summed E-state index contributed by atoms with van der Waals surface area (Å²) >= 11 is 0. The van der Waals surface area contributed by atoms with Gasteiger partial charge >= 0.3 is 6.09 Å². The Morgan fingerprint density at radius 1 is 0.833 bits per heavy atom. The lowest BCUT2D eigenvalue weighted by Crippen LogP contribution is -2.46. The second-order valence-corrected chi connectivity index (χ2v) is 12.3. The van der Waals surface area contributed by atoms with Gasteiger partial charge in [-0.25, -0.2) is 4.79 Å². The SMILES string of the molecule is COCCCOc1cc(COC2CN(C(=O)O)CCC2c2ccc(OCCCOCc3ccccc3OC)cc2)ccc1N1CCCC1. The van der Waals surface area contributed by atoms with Crippen molar-refractivity contribution in [1.82, 2.24) is 4.90 Å². The fourth-order valence-electron chi connectivity index (χ4n) is 6.38. The van der Waals surface area contributed by atoms with Gasteiger partial charge in [-0.15, -0.1) is 0 Å². The van der Waals surface area contributed by atoms with Gasteiger partial charge in [-0.2, -0.15) is 0 Å². The maximum atomic E-state index is 11.9. The van der Waals surface area contributed by atoms with Gasteiger partial charge < -0.3 is 43.3 Å². The number of amides is 1. The maximum Gasteiger partial charge on any atom is 0.407 e. The first-order chi connectivity index (χ1) is 23.6. The van der Waals surface area contributed by atoms with Crippen LogP contribution in [0.25, 0.3) is 0 Å². The monoisotopic (exact) mass is 662 g/mol. The molecule has 1 N–H and O–H groups in total. The molecule has 3 aromatic carbocycles. The van der Waals surface area contributed by atoms with Gasteiger partial charge in [0.2, 0.25) is 0 Å². The highest BCUT2D eigenvalue weighted by Crippen LogP contribution is 2.35. The second-order valence-electron chi connectivity index (χ2n) is 12.3. The molecular formula is C38H50N2O8. The summed E-state index contributed by atoms with van der Waals surface area (Å²) in [6.45, 7) is 6.07. The predicted octanol–water partition coefficient (Wildman–Crippen LogP) is 6.75. The average molecular weight is 663 g/mol. The van der Waals surface area contributed by atoms with Crippen molar-refractivity contribution in [2.45, 2.75) is 57.3 Å². The molecule has 2 heterocycles. The van der Waals surface area contributed by atoms with Crippen LogP contribution in [0, 0.1) is 0 Å². The lowest BCUT2D eigenvalue weighted by molar-refractivity contribution is -0.0200. The molecule has 260 valence electrons. The molecule has 2 unspecified atom stereocenters. The number of anilines is 1. The van der Waals surface area contributed by atoms with Crippen molar-refractivity contribution in [3.63, 3.8) is 0 Å². The highest BCUT2D eigenvalue weighted by molar-refractivity contribution is 5.65. The summed E-state index contributed by atoms with van der Waals surface area (Å²) in [5.41, 5.74) is 4.26. The number of piperidine rings is 1. The molecule has 0 aliphatic carbocycles. The minimum Gasteiger partial charge on any atom is -0.496 e. The van der Waals surface area contributed by atoms with E-state index in [4.69, 9.17) is 28.4 Å². The number of hydrogen-bond acceptors (Lipinski definition) is 8. The van der Waals surface area contributed by atoms with Crippen molar-refractivity contribution in [3.8, 4) is 17.2 Å². The fraction of sp³-hybridized carbons (Fsp3) is 0.500. The smallest absolute Gasteiger partial charge is 0.407 e. The average Bonchev–Trinajstić information content (AvgIpc) is 3.66. The third-order valence-electron chi connectivity index (χ3n) is 8.98. The van der Waals surface area contributed by atoms with Crippen LogP contribution in [0.4, 0.5) is 10.5 Å². The van der Waals surface area contributed by atoms with Crippen LogP contribution in [0.15, 0.2) is 66.7 Å². The first-order valence-electron chi connectivity index (χ1n) is 17.1. The normalized spacial score (nSPS) is 17.8. The summed E-state index contributed by atoms with van der Waals surface area (Å²) in [5.74, 6) is 2.54. The zero-order valence-electron chi connectivity index (χ0n) is 28.3. The predicted molar refractivity (Wildman–Crippen MR) is 185 cm³/mol. The Balaban J connectivity index is 1.15. The Bertz CT molecular complexity index is 1410. The number of carbonyl (C=O) groups is 1. The van der Waals surface area contributed by atoms with Crippen molar-refractivity contribution in [2.24, 2.45) is 0 Å². The van der Waals surface area contributed by atoms with Gasteiger partial charge in [0.25, 0.3) is 0 Å². The number of hydrogen-bond donors (Lipinski definition) is 1. The van der Waals surface area contributed by atoms with E-state index in [1.807, 2.05) is 36.4 Å². The van der Waals surface area contributed by atoms with Crippen molar-refractivity contribution in [3.05, 3.63) is 83.4 Å². The number of rotatable bonds is 18. The van der Waals surface area contributed by atoms with Gasteiger partial charge in [0.1, 0.15) is 17.2 Å². The Morgan fingerprint density at radius 2 is 1.60 bits per heavy atom. The summed E-state index contributed by atoms with van der Waals surface area (Å²) in [7, 11) is 3.36. The number of methoxy groups -OCH3 is 2.